The summed E-state index contributed by atoms with van der Waals surface area (Å²) in [6.07, 6.45) is 0. The number of aryl methyl sites for hydroxylation is 1. The number of hydrogen-bond acceptors (Lipinski definition) is 0. The third kappa shape index (κ3) is 2.07. The van der Waals surface area contributed by atoms with Crippen molar-refractivity contribution in [2.75, 3.05) is 0 Å². The molecular formula is C11H16. The first-order valence-electron chi connectivity index (χ1n) is 4.49. The van der Waals surface area contributed by atoms with Gasteiger partial charge in [-0.15, -0.1) is 0 Å². The highest BCUT2D eigenvalue weighted by atomic mass is 14.2. The molecule has 60 valence electrons. The van der Waals surface area contributed by atoms with Crippen LogP contribution in [0.5, 0.6) is 0 Å². The molecule has 1 aromatic rings. The predicted molar refractivity (Wildman–Crippen MR) is 49.9 cm³/mol. The highest BCUT2D eigenvalue weighted by Crippen LogP contribution is 2.21. The Balaban J connectivity index is 3.14. The largest absolute Gasteiger partial charge is 0.0626 e. The van der Waals surface area contributed by atoms with Gasteiger partial charge in [0.15, 0.2) is 0 Å². The Morgan fingerprint density at radius 2 is 1.82 bits per heavy atom. The summed E-state index contributed by atoms with van der Waals surface area (Å²) in [6.45, 7) is 8.46. The molecule has 11 heavy (non-hydrogen) atoms. The zero-order valence-electron chi connectivity index (χ0n) is 8.73. The second kappa shape index (κ2) is 2.69. The van der Waals surface area contributed by atoms with Gasteiger partial charge in [-0.05, 0) is 17.9 Å². The molecule has 0 aliphatic rings. The van der Waals surface area contributed by atoms with Crippen LogP contribution >= 0.6 is 0 Å². The van der Waals surface area contributed by atoms with Gasteiger partial charge in [0.1, 0.15) is 0 Å². The smallest absolute Gasteiger partial charge is 0.0590 e. The third-order valence-electron chi connectivity index (χ3n) is 1.83. The van der Waals surface area contributed by atoms with Crippen molar-refractivity contribution in [3.63, 3.8) is 0 Å². The van der Waals surface area contributed by atoms with E-state index in [1.165, 1.54) is 5.56 Å². The minimum atomic E-state index is 0.156. The first kappa shape index (κ1) is 6.90. The van der Waals surface area contributed by atoms with E-state index in [1.807, 2.05) is 19.1 Å². The molecule has 0 saturated heterocycles. The summed E-state index contributed by atoms with van der Waals surface area (Å²) in [4.78, 5) is 0. The summed E-state index contributed by atoms with van der Waals surface area (Å²) in [7, 11) is 0. The Morgan fingerprint density at radius 1 is 1.18 bits per heavy atom. The van der Waals surface area contributed by atoms with Crippen LogP contribution in [0.2, 0.25) is 0 Å². The lowest BCUT2D eigenvalue weighted by atomic mass is 9.87. The van der Waals surface area contributed by atoms with E-state index in [9.17, 15) is 0 Å². The Kier molecular flexibility index (Phi) is 1.69. The molecular weight excluding hydrogens is 132 g/mol. The molecule has 0 nitrogen and oxygen atoms in total. The molecule has 0 saturated carbocycles. The highest BCUT2D eigenvalue weighted by Gasteiger charge is 2.11. The zero-order valence-corrected chi connectivity index (χ0v) is 7.73. The van der Waals surface area contributed by atoms with Gasteiger partial charge < -0.3 is 0 Å². The Bertz CT molecular complexity index is 282. The van der Waals surface area contributed by atoms with Crippen molar-refractivity contribution in [3.05, 3.63) is 35.4 Å². The van der Waals surface area contributed by atoms with E-state index in [1.54, 1.807) is 0 Å². The molecule has 0 heteroatoms. The van der Waals surface area contributed by atoms with Crippen LogP contribution in [0.1, 0.15) is 33.3 Å². The Morgan fingerprint density at radius 3 is 2.27 bits per heavy atom. The fourth-order valence-electron chi connectivity index (χ4n) is 0.969. The van der Waals surface area contributed by atoms with Crippen LogP contribution in [0.25, 0.3) is 0 Å². The summed E-state index contributed by atoms with van der Waals surface area (Å²) >= 11 is 0. The first-order chi connectivity index (χ1) is 5.41. The van der Waals surface area contributed by atoms with E-state index >= 15 is 0 Å². The third-order valence-corrected chi connectivity index (χ3v) is 1.83. The van der Waals surface area contributed by atoms with Crippen LogP contribution < -0.4 is 0 Å². The topological polar surface area (TPSA) is 0 Å². The molecule has 0 unspecified atom stereocenters. The number of benzene rings is 1. The standard InChI is InChI=1S/C11H16/c1-9-5-7-10(8-6-9)11(2,3)4/h5-8H,1-4H3/i5T. The second-order valence-electron chi connectivity index (χ2n) is 4.01. The second-order valence-corrected chi connectivity index (χ2v) is 4.01. The van der Waals surface area contributed by atoms with E-state index in [2.05, 4.69) is 26.8 Å². The van der Waals surface area contributed by atoms with E-state index in [-0.39, 0.29) is 5.41 Å². The fourth-order valence-corrected chi connectivity index (χ4v) is 0.969. The van der Waals surface area contributed by atoms with Crippen molar-refractivity contribution in [2.45, 2.75) is 33.1 Å². The molecule has 0 fully saturated rings. The van der Waals surface area contributed by atoms with Crippen molar-refractivity contribution in [3.8, 4) is 0 Å². The first-order valence-corrected chi connectivity index (χ1v) is 3.99. The van der Waals surface area contributed by atoms with Crippen molar-refractivity contribution >= 4 is 0 Å². The van der Waals surface area contributed by atoms with Gasteiger partial charge in [-0.1, -0.05) is 50.6 Å². The molecule has 1 rings (SSSR count). The molecule has 0 heterocycles. The van der Waals surface area contributed by atoms with Gasteiger partial charge in [0.05, 0.1) is 1.37 Å². The van der Waals surface area contributed by atoms with Crippen LogP contribution in [0.15, 0.2) is 24.2 Å². The minimum Gasteiger partial charge on any atom is -0.0590 e. The zero-order chi connectivity index (χ0) is 9.35. The van der Waals surface area contributed by atoms with Gasteiger partial charge in [-0.2, -0.15) is 0 Å². The lowest BCUT2D eigenvalue weighted by Crippen LogP contribution is -2.10. The van der Waals surface area contributed by atoms with Gasteiger partial charge in [-0.25, -0.2) is 0 Å². The molecule has 0 aliphatic heterocycles. The Labute approximate surface area is 70.7 Å². The molecule has 0 aromatic heterocycles. The fraction of sp³-hybridized carbons (Fsp3) is 0.455. The van der Waals surface area contributed by atoms with Crippen LogP contribution in [0.4, 0.5) is 0 Å². The summed E-state index contributed by atoms with van der Waals surface area (Å²) in [6, 6.07) is 6.72. The Hall–Kier alpha value is -0.780. The molecule has 0 radical (unpaired) electrons. The minimum absolute atomic E-state index is 0.156. The molecule has 1 aromatic carbocycles. The van der Waals surface area contributed by atoms with Crippen LogP contribution in [-0.2, 0) is 5.41 Å². The summed E-state index contributed by atoms with van der Waals surface area (Å²) < 4.78 is 7.64. The van der Waals surface area contributed by atoms with Crippen LogP contribution in [0, 0.1) is 6.92 Å². The summed E-state index contributed by atoms with van der Waals surface area (Å²) in [5.41, 5.74) is 2.44. The van der Waals surface area contributed by atoms with Gasteiger partial charge in [0.25, 0.3) is 0 Å². The van der Waals surface area contributed by atoms with Gasteiger partial charge in [0.2, 0.25) is 0 Å². The predicted octanol–water partition coefficient (Wildman–Crippen LogP) is 3.29. The normalized spacial score (nSPS) is 12.9. The number of rotatable bonds is 0. The van der Waals surface area contributed by atoms with Crippen molar-refractivity contribution in [1.29, 1.82) is 0 Å². The molecule has 0 aliphatic carbocycles. The van der Waals surface area contributed by atoms with Crippen LogP contribution in [-0.4, -0.2) is 0 Å². The van der Waals surface area contributed by atoms with E-state index < -0.39 is 0 Å². The molecule has 0 bridgehead atoms. The van der Waals surface area contributed by atoms with E-state index in [4.69, 9.17) is 1.37 Å². The molecule has 0 amide bonds. The molecule has 0 N–H and O–H groups in total. The van der Waals surface area contributed by atoms with Gasteiger partial charge in [0, 0.05) is 0 Å². The van der Waals surface area contributed by atoms with Crippen molar-refractivity contribution in [2.24, 2.45) is 0 Å². The quantitative estimate of drug-likeness (QED) is 0.532. The van der Waals surface area contributed by atoms with E-state index in [0.29, 0.717) is 6.04 Å². The maximum atomic E-state index is 7.64. The monoisotopic (exact) mass is 150 g/mol. The highest BCUT2D eigenvalue weighted by molar-refractivity contribution is 5.26. The maximum absolute atomic E-state index is 7.64. The van der Waals surface area contributed by atoms with Crippen molar-refractivity contribution in [1.82, 2.24) is 0 Å². The van der Waals surface area contributed by atoms with Crippen LogP contribution in [0.3, 0.4) is 0 Å². The lowest BCUT2D eigenvalue weighted by Gasteiger charge is -2.18. The van der Waals surface area contributed by atoms with Crippen molar-refractivity contribution < 1.29 is 1.37 Å². The van der Waals surface area contributed by atoms with Gasteiger partial charge in [-0.3, -0.25) is 0 Å². The molecule has 0 atom stereocenters. The SMILES string of the molecule is [3H]c1cc(C(C)(C)C)ccc1C. The number of hydrogen-bond donors (Lipinski definition) is 0. The average Bonchev–Trinajstić information content (AvgIpc) is 1.92. The van der Waals surface area contributed by atoms with Gasteiger partial charge >= 0.3 is 0 Å². The summed E-state index contributed by atoms with van der Waals surface area (Å²) in [5, 5.41) is 0. The average molecular weight is 150 g/mol. The molecule has 0 spiro atoms. The maximum Gasteiger partial charge on any atom is 0.0626 e. The summed E-state index contributed by atoms with van der Waals surface area (Å²) in [5.74, 6) is 0. The van der Waals surface area contributed by atoms with E-state index in [0.717, 1.165) is 5.56 Å². The lowest BCUT2D eigenvalue weighted by molar-refractivity contribution is 0.590.